The molecular weight excluding hydrogens is 687 g/mol. The number of ketones is 1. The quantitative estimate of drug-likeness (QED) is 0.305. The van der Waals surface area contributed by atoms with Crippen molar-refractivity contribution in [2.24, 2.45) is 29.1 Å². The number of amides is 2. The third kappa shape index (κ3) is 7.66. The summed E-state index contributed by atoms with van der Waals surface area (Å²) in [7, 11) is -3.84. The van der Waals surface area contributed by atoms with Gasteiger partial charge in [0.1, 0.15) is 12.2 Å². The molecule has 0 radical (unpaired) electrons. The molecule has 3 heterocycles. The first-order valence-corrected chi connectivity index (χ1v) is 20.8. The van der Waals surface area contributed by atoms with Crippen LogP contribution in [0.3, 0.4) is 0 Å². The highest BCUT2D eigenvalue weighted by molar-refractivity contribution is 7.90. The molecule has 1 N–H and O–H groups in total. The SMILES string of the molecule is C=C[C@H]1C[C@]1(CC(=O)[C@@H]1C[C@@H]2CN1C(=O)[C@H](C1CCCC1)CC(=O)O[C@@H]1CCC[C@H]1CC/C=C/Cn1c(cccc1=O)O2)C(=O)NS(=O)(=O)C1CC1. The summed E-state index contributed by atoms with van der Waals surface area (Å²) >= 11 is 0. The summed E-state index contributed by atoms with van der Waals surface area (Å²) in [5, 5.41) is -0.603. The fourth-order valence-electron chi connectivity index (χ4n) is 9.22. The molecule has 0 unspecified atom stereocenters. The first-order valence-electron chi connectivity index (χ1n) is 19.2. The van der Waals surface area contributed by atoms with Crippen LogP contribution >= 0.6 is 0 Å². The lowest BCUT2D eigenvalue weighted by Gasteiger charge is -2.31. The molecule has 2 bridgehead atoms. The van der Waals surface area contributed by atoms with E-state index in [-0.39, 0.29) is 79.9 Å². The summed E-state index contributed by atoms with van der Waals surface area (Å²) in [6.07, 6.45) is 13.6. The summed E-state index contributed by atoms with van der Waals surface area (Å²) in [5.74, 6) is -2.34. The molecule has 7 atom stereocenters. The van der Waals surface area contributed by atoms with Gasteiger partial charge < -0.3 is 14.4 Å². The number of Topliss-reactive ketones (excluding diaryl/α,β-unsaturated/α-hetero) is 1. The average Bonchev–Trinajstić information content (AvgIpc) is 3.90. The van der Waals surface area contributed by atoms with Crippen LogP contribution in [0.15, 0.2) is 47.8 Å². The standard InChI is InChI=1S/C39H51N3O9S/c1-2-27-22-39(27,38(47)40-52(48,49)29-17-18-29)23-32(43)31-20-28-24-42(31)37(46)30(25-10-5-6-11-25)21-36(45)51-33-14-8-13-26(33)12-4-3-7-19-41-34(44)15-9-16-35(41)50-28/h2-3,7,9,15-16,25-31,33H,1,4-6,8,10-14,17-24H2,(H,40,47)/b7-3+/t26-,27+,28-,30+,31+,33-,39-/m1/s1. The van der Waals surface area contributed by atoms with Gasteiger partial charge in [0.15, 0.2) is 11.7 Å². The van der Waals surface area contributed by atoms with Crippen molar-refractivity contribution in [3.63, 3.8) is 0 Å². The molecule has 12 nitrogen and oxygen atoms in total. The van der Waals surface area contributed by atoms with Crippen molar-refractivity contribution < 1.29 is 37.1 Å². The predicted octanol–water partition coefficient (Wildman–Crippen LogP) is 4.21. The Kier molecular flexibility index (Phi) is 10.5. The molecule has 5 fully saturated rings. The lowest BCUT2D eigenvalue weighted by Crippen LogP contribution is -2.47. The summed E-state index contributed by atoms with van der Waals surface area (Å²) in [6, 6.07) is 3.81. The fraction of sp³-hybridized carbons (Fsp3) is 0.667. The van der Waals surface area contributed by atoms with E-state index in [1.165, 1.54) is 15.5 Å². The van der Waals surface area contributed by atoms with E-state index in [1.807, 2.05) is 12.2 Å². The van der Waals surface area contributed by atoms with Crippen LogP contribution in [-0.2, 0) is 40.5 Å². The fourth-order valence-corrected chi connectivity index (χ4v) is 10.6. The molecule has 2 amide bonds. The van der Waals surface area contributed by atoms with Gasteiger partial charge in [-0.2, -0.15) is 0 Å². The highest BCUT2D eigenvalue weighted by Crippen LogP contribution is 2.57. The van der Waals surface area contributed by atoms with Gasteiger partial charge in [0.25, 0.3) is 5.56 Å². The molecule has 2 aliphatic heterocycles. The van der Waals surface area contributed by atoms with Crippen LogP contribution < -0.4 is 15.0 Å². The topological polar surface area (TPSA) is 158 Å². The number of sulfonamides is 1. The van der Waals surface area contributed by atoms with Gasteiger partial charge in [-0.05, 0) is 88.0 Å². The zero-order valence-electron chi connectivity index (χ0n) is 29.8. The number of esters is 1. The van der Waals surface area contributed by atoms with Gasteiger partial charge in [-0.15, -0.1) is 6.58 Å². The van der Waals surface area contributed by atoms with Gasteiger partial charge in [-0.25, -0.2) is 8.42 Å². The predicted molar refractivity (Wildman–Crippen MR) is 191 cm³/mol. The Labute approximate surface area is 305 Å². The summed E-state index contributed by atoms with van der Waals surface area (Å²) in [5.41, 5.74) is -1.52. The summed E-state index contributed by atoms with van der Waals surface area (Å²) in [6.45, 7) is 4.16. The minimum absolute atomic E-state index is 0.0384. The maximum absolute atomic E-state index is 14.7. The molecule has 13 heteroatoms. The number of fused-ring (bicyclic) bond motifs is 4. The smallest absolute Gasteiger partial charge is 0.306 e. The van der Waals surface area contributed by atoms with Gasteiger partial charge >= 0.3 is 5.97 Å². The normalized spacial score (nSPS) is 33.5. The lowest BCUT2D eigenvalue weighted by atomic mass is 9.86. The molecular formula is C39H51N3O9S. The van der Waals surface area contributed by atoms with E-state index in [9.17, 15) is 32.4 Å². The Morgan fingerprint density at radius 1 is 0.962 bits per heavy atom. The lowest BCUT2D eigenvalue weighted by molar-refractivity contribution is -0.156. The molecule has 4 saturated carbocycles. The van der Waals surface area contributed by atoms with Gasteiger partial charge in [0, 0.05) is 25.5 Å². The number of ether oxygens (including phenoxy) is 2. The molecule has 7 rings (SSSR count). The van der Waals surface area contributed by atoms with Gasteiger partial charge in [0.2, 0.25) is 21.8 Å². The first kappa shape index (κ1) is 36.6. The Morgan fingerprint density at radius 2 is 1.73 bits per heavy atom. The van der Waals surface area contributed by atoms with Crippen molar-refractivity contribution in [1.82, 2.24) is 14.2 Å². The van der Waals surface area contributed by atoms with Crippen LogP contribution in [0.25, 0.3) is 0 Å². The van der Waals surface area contributed by atoms with Crippen molar-refractivity contribution in [2.45, 2.75) is 126 Å². The van der Waals surface area contributed by atoms with Crippen molar-refractivity contribution in [1.29, 1.82) is 0 Å². The van der Waals surface area contributed by atoms with Crippen molar-refractivity contribution in [3.05, 3.63) is 53.4 Å². The van der Waals surface area contributed by atoms with Gasteiger partial charge in [0.05, 0.1) is 35.6 Å². The van der Waals surface area contributed by atoms with E-state index in [1.54, 1.807) is 18.2 Å². The van der Waals surface area contributed by atoms with Gasteiger partial charge in [-0.3, -0.25) is 33.3 Å². The molecule has 282 valence electrons. The molecule has 1 aromatic heterocycles. The molecule has 0 spiro atoms. The van der Waals surface area contributed by atoms with E-state index >= 15 is 0 Å². The second kappa shape index (κ2) is 14.9. The highest BCUT2D eigenvalue weighted by Gasteiger charge is 2.61. The number of allylic oxidation sites excluding steroid dienone is 3. The van der Waals surface area contributed by atoms with E-state index < -0.39 is 50.6 Å². The Bertz CT molecular complexity index is 1780. The number of carbonyl (C=O) groups is 4. The molecule has 1 aromatic rings. The van der Waals surface area contributed by atoms with Crippen LogP contribution in [0.5, 0.6) is 5.88 Å². The largest absolute Gasteiger partial charge is 0.473 e. The molecule has 52 heavy (non-hydrogen) atoms. The molecule has 0 aromatic carbocycles. The van der Waals surface area contributed by atoms with Crippen LogP contribution in [0.1, 0.15) is 96.3 Å². The van der Waals surface area contributed by atoms with Crippen LogP contribution in [0, 0.1) is 29.1 Å². The number of rotatable bonds is 8. The molecule has 6 aliphatic rings. The second-order valence-corrected chi connectivity index (χ2v) is 17.9. The first-order chi connectivity index (χ1) is 25.0. The zero-order valence-corrected chi connectivity index (χ0v) is 30.6. The summed E-state index contributed by atoms with van der Waals surface area (Å²) < 4.78 is 41.7. The zero-order chi connectivity index (χ0) is 36.6. The van der Waals surface area contributed by atoms with Crippen molar-refractivity contribution >= 4 is 33.6 Å². The van der Waals surface area contributed by atoms with Crippen LogP contribution in [0.4, 0.5) is 0 Å². The second-order valence-electron chi connectivity index (χ2n) is 15.9. The number of carbonyl (C=O) groups excluding carboxylic acids is 4. The monoisotopic (exact) mass is 737 g/mol. The number of hydrogen-bond acceptors (Lipinski definition) is 9. The number of hydrogen-bond donors (Lipinski definition) is 1. The van der Waals surface area contributed by atoms with Crippen molar-refractivity contribution in [3.8, 4) is 5.88 Å². The third-order valence-electron chi connectivity index (χ3n) is 12.5. The van der Waals surface area contributed by atoms with E-state index in [0.29, 0.717) is 18.7 Å². The van der Waals surface area contributed by atoms with E-state index in [0.717, 1.165) is 57.8 Å². The Balaban J connectivity index is 1.20. The maximum atomic E-state index is 14.7. The maximum Gasteiger partial charge on any atom is 0.306 e. The van der Waals surface area contributed by atoms with E-state index in [2.05, 4.69) is 11.3 Å². The molecule has 1 saturated heterocycles. The Hall–Kier alpha value is -3.74. The van der Waals surface area contributed by atoms with Crippen LogP contribution in [-0.4, -0.2) is 71.5 Å². The summed E-state index contributed by atoms with van der Waals surface area (Å²) in [4.78, 5) is 70.9. The third-order valence-corrected chi connectivity index (χ3v) is 14.3. The highest BCUT2D eigenvalue weighted by atomic mass is 32.2. The minimum Gasteiger partial charge on any atom is -0.473 e. The average molecular weight is 738 g/mol. The van der Waals surface area contributed by atoms with Gasteiger partial charge in [-0.1, -0.05) is 37.1 Å². The Morgan fingerprint density at radius 3 is 2.46 bits per heavy atom. The number of nitrogens with one attached hydrogen (secondary N) is 1. The number of pyridine rings is 1. The van der Waals surface area contributed by atoms with Crippen LogP contribution in [0.2, 0.25) is 0 Å². The molecule has 4 aliphatic carbocycles. The van der Waals surface area contributed by atoms with Crippen molar-refractivity contribution in [2.75, 3.05) is 6.54 Å². The number of nitrogens with zero attached hydrogens (tertiary/aromatic N) is 2. The van der Waals surface area contributed by atoms with E-state index in [4.69, 9.17) is 9.47 Å². The number of aromatic nitrogens is 1. The minimum atomic E-state index is -3.84.